The van der Waals surface area contributed by atoms with E-state index < -0.39 is 0 Å². The molecule has 0 atom stereocenters. The Hall–Kier alpha value is -7.88. The van der Waals surface area contributed by atoms with Gasteiger partial charge in [-0.3, -0.25) is 0 Å². The van der Waals surface area contributed by atoms with E-state index in [0.717, 1.165) is 93.6 Å². The summed E-state index contributed by atoms with van der Waals surface area (Å²) in [5.74, 6) is 0. The first kappa shape index (κ1) is 30.6. The number of furan rings is 1. The van der Waals surface area contributed by atoms with Crippen molar-refractivity contribution in [2.75, 3.05) is 0 Å². The Bertz CT molecular complexity index is 3640. The van der Waals surface area contributed by atoms with E-state index in [9.17, 15) is 5.26 Å². The van der Waals surface area contributed by atoms with Crippen LogP contribution in [0.25, 0.3) is 104 Å². The van der Waals surface area contributed by atoms with Gasteiger partial charge in [0.05, 0.1) is 55.4 Å². The van der Waals surface area contributed by atoms with E-state index in [1.165, 1.54) is 17.0 Å². The Morgan fingerprint density at radius 3 is 1.68 bits per heavy atom. The third kappa shape index (κ3) is 4.00. The molecule has 4 heterocycles. The van der Waals surface area contributed by atoms with Crippen LogP contribution >= 0.6 is 0 Å². The molecule has 0 amide bonds. The first-order valence-corrected chi connectivity index (χ1v) is 18.7. The predicted molar refractivity (Wildman–Crippen MR) is 229 cm³/mol. The highest BCUT2D eigenvalue weighted by Gasteiger charge is 2.23. The summed E-state index contributed by atoms with van der Waals surface area (Å²) in [5, 5.41) is 28.5. The lowest BCUT2D eigenvalue weighted by Gasteiger charge is -2.16. The fraction of sp³-hybridized carbons (Fsp3) is 0. The number of hydrogen-bond donors (Lipinski definition) is 1. The van der Waals surface area contributed by atoms with Crippen LogP contribution in [0.15, 0.2) is 168 Å². The quantitative estimate of drug-likeness (QED) is 0.184. The molecule has 6 nitrogen and oxygen atoms in total. The molecular weight excluding hydrogens is 687 g/mol. The standard InChI is InChI=1S/C50H29N5O/c51-28-30-26-47(55-43-19-9-4-15-38(43)49-45(55)24-22-37-36-14-5-10-20-48(36)56-50(37)49)31(29-52)25-46(30)54-42-18-8-3-13-35(42)39-27-32(21-23-44(39)54)53-40-16-6-1-11-33(40)34-12-2-7-17-41(34)53/h1-27,29,52H. The van der Waals surface area contributed by atoms with E-state index in [1.807, 2.05) is 48.5 Å². The Balaban J connectivity index is 1.11. The van der Waals surface area contributed by atoms with Gasteiger partial charge in [0.1, 0.15) is 17.2 Å². The normalized spacial score (nSPS) is 12.0. The summed E-state index contributed by atoms with van der Waals surface area (Å²) in [5.41, 5.74) is 11.6. The largest absolute Gasteiger partial charge is 0.455 e. The molecule has 0 radical (unpaired) electrons. The number of nitriles is 1. The van der Waals surface area contributed by atoms with Gasteiger partial charge in [0.15, 0.2) is 0 Å². The van der Waals surface area contributed by atoms with E-state index >= 15 is 0 Å². The summed E-state index contributed by atoms with van der Waals surface area (Å²) in [6.45, 7) is 0. The van der Waals surface area contributed by atoms with Crippen molar-refractivity contribution >= 4 is 93.6 Å². The lowest BCUT2D eigenvalue weighted by molar-refractivity contribution is 0.673. The summed E-state index contributed by atoms with van der Waals surface area (Å²) in [6, 6.07) is 59.2. The topological polar surface area (TPSA) is 75.6 Å². The molecule has 260 valence electrons. The first-order valence-electron chi connectivity index (χ1n) is 18.7. The summed E-state index contributed by atoms with van der Waals surface area (Å²) in [4.78, 5) is 0. The fourth-order valence-electron chi connectivity index (χ4n) is 9.23. The molecule has 56 heavy (non-hydrogen) atoms. The van der Waals surface area contributed by atoms with Gasteiger partial charge < -0.3 is 23.5 Å². The number of aromatic nitrogens is 3. The van der Waals surface area contributed by atoms with Gasteiger partial charge in [-0.1, -0.05) is 91.0 Å². The molecule has 0 saturated heterocycles. The number of benzene rings is 8. The van der Waals surface area contributed by atoms with Crippen molar-refractivity contribution in [3.63, 3.8) is 0 Å². The van der Waals surface area contributed by atoms with Crippen LogP contribution in [-0.2, 0) is 0 Å². The summed E-state index contributed by atoms with van der Waals surface area (Å²) < 4.78 is 13.2. The molecule has 0 aliphatic heterocycles. The Kier molecular flexibility index (Phi) is 6.18. The van der Waals surface area contributed by atoms with Crippen molar-refractivity contribution in [2.45, 2.75) is 0 Å². The highest BCUT2D eigenvalue weighted by atomic mass is 16.3. The monoisotopic (exact) mass is 715 g/mol. The minimum Gasteiger partial charge on any atom is -0.455 e. The van der Waals surface area contributed by atoms with Crippen LogP contribution in [0.4, 0.5) is 0 Å². The molecule has 12 aromatic rings. The van der Waals surface area contributed by atoms with Crippen LogP contribution in [0.3, 0.4) is 0 Å². The molecule has 1 N–H and O–H groups in total. The molecule has 4 aromatic heterocycles. The van der Waals surface area contributed by atoms with E-state index in [4.69, 9.17) is 9.83 Å². The maximum atomic E-state index is 10.9. The van der Waals surface area contributed by atoms with Gasteiger partial charge >= 0.3 is 0 Å². The second-order valence-corrected chi connectivity index (χ2v) is 14.4. The maximum absolute atomic E-state index is 10.9. The molecular formula is C50H29N5O. The van der Waals surface area contributed by atoms with Gasteiger partial charge in [-0.25, -0.2) is 0 Å². The SMILES string of the molecule is N#Cc1cc(-n2c3ccccc3c3c4oc5ccccc5c4ccc32)c(C=N)cc1-n1c2ccccc2c2cc(-n3c4ccccc4c4ccccc43)ccc21. The summed E-state index contributed by atoms with van der Waals surface area (Å²) in [7, 11) is 0. The van der Waals surface area contributed by atoms with Crippen molar-refractivity contribution in [3.05, 3.63) is 175 Å². The zero-order valence-corrected chi connectivity index (χ0v) is 29.9. The minimum atomic E-state index is 0.510. The zero-order valence-electron chi connectivity index (χ0n) is 29.9. The molecule has 8 aromatic carbocycles. The van der Waals surface area contributed by atoms with Gasteiger partial charge in [0.25, 0.3) is 0 Å². The lowest BCUT2D eigenvalue weighted by Crippen LogP contribution is -2.05. The van der Waals surface area contributed by atoms with Crippen molar-refractivity contribution < 1.29 is 4.42 Å². The second kappa shape index (κ2) is 11.3. The van der Waals surface area contributed by atoms with E-state index in [1.54, 1.807) is 0 Å². The molecule has 0 unspecified atom stereocenters. The van der Waals surface area contributed by atoms with Crippen LogP contribution in [0.5, 0.6) is 0 Å². The maximum Gasteiger partial charge on any atom is 0.145 e. The van der Waals surface area contributed by atoms with Gasteiger partial charge in [0, 0.05) is 55.2 Å². The molecule has 0 fully saturated rings. The number of hydrogen-bond acceptors (Lipinski definition) is 3. The van der Waals surface area contributed by atoms with Crippen LogP contribution in [-0.4, -0.2) is 19.9 Å². The van der Waals surface area contributed by atoms with Gasteiger partial charge in [-0.05, 0) is 72.8 Å². The molecule has 12 rings (SSSR count). The zero-order chi connectivity index (χ0) is 37.1. The van der Waals surface area contributed by atoms with Crippen LogP contribution in [0, 0.1) is 16.7 Å². The molecule has 6 heteroatoms. The highest BCUT2D eigenvalue weighted by Crippen LogP contribution is 2.42. The fourth-order valence-corrected chi connectivity index (χ4v) is 9.23. The molecule has 0 spiro atoms. The minimum absolute atomic E-state index is 0.510. The van der Waals surface area contributed by atoms with Crippen molar-refractivity contribution in [3.8, 4) is 23.1 Å². The molecule has 0 bridgehead atoms. The number of para-hydroxylation sites is 5. The van der Waals surface area contributed by atoms with E-state index in [-0.39, 0.29) is 0 Å². The lowest BCUT2D eigenvalue weighted by atomic mass is 10.1. The number of nitrogens with one attached hydrogen (secondary N) is 1. The highest BCUT2D eigenvalue weighted by molar-refractivity contribution is 6.24. The Morgan fingerprint density at radius 1 is 0.464 bits per heavy atom. The average molecular weight is 716 g/mol. The van der Waals surface area contributed by atoms with Crippen molar-refractivity contribution in [2.24, 2.45) is 0 Å². The Labute approximate surface area is 319 Å². The average Bonchev–Trinajstić information content (AvgIpc) is 3.99. The first-order chi connectivity index (χ1) is 27.7. The van der Waals surface area contributed by atoms with Crippen LogP contribution in [0.2, 0.25) is 0 Å². The molecule has 0 aliphatic carbocycles. The van der Waals surface area contributed by atoms with Crippen molar-refractivity contribution in [1.82, 2.24) is 13.7 Å². The Morgan fingerprint density at radius 2 is 1.00 bits per heavy atom. The number of fused-ring (bicyclic) bond motifs is 13. The van der Waals surface area contributed by atoms with Crippen LogP contribution in [0.1, 0.15) is 11.1 Å². The summed E-state index contributed by atoms with van der Waals surface area (Å²) >= 11 is 0. The van der Waals surface area contributed by atoms with Crippen molar-refractivity contribution in [1.29, 1.82) is 10.7 Å². The number of nitrogens with zero attached hydrogens (tertiary/aromatic N) is 4. The van der Waals surface area contributed by atoms with Gasteiger partial charge in [-0.15, -0.1) is 0 Å². The number of rotatable bonds is 4. The molecule has 0 saturated carbocycles. The third-order valence-electron chi connectivity index (χ3n) is 11.6. The molecule has 0 aliphatic rings. The smallest absolute Gasteiger partial charge is 0.145 e. The van der Waals surface area contributed by atoms with Crippen LogP contribution < -0.4 is 0 Å². The van der Waals surface area contributed by atoms with E-state index in [2.05, 4.69) is 135 Å². The predicted octanol–water partition coefficient (Wildman–Crippen LogP) is 12.7. The van der Waals surface area contributed by atoms with Gasteiger partial charge in [0.2, 0.25) is 0 Å². The summed E-state index contributed by atoms with van der Waals surface area (Å²) in [6.07, 6.45) is 1.40. The third-order valence-corrected chi connectivity index (χ3v) is 11.6. The van der Waals surface area contributed by atoms with Gasteiger partial charge in [-0.2, -0.15) is 5.26 Å². The van der Waals surface area contributed by atoms with E-state index in [0.29, 0.717) is 11.1 Å². The second-order valence-electron chi connectivity index (χ2n) is 14.4.